The van der Waals surface area contributed by atoms with E-state index in [0.717, 1.165) is 21.7 Å². The molecule has 174 valence electrons. The maximum atomic E-state index is 13.1. The van der Waals surface area contributed by atoms with Gasteiger partial charge in [0, 0.05) is 12.1 Å². The topological polar surface area (TPSA) is 111 Å². The van der Waals surface area contributed by atoms with Gasteiger partial charge in [-0.3, -0.25) is 9.10 Å². The van der Waals surface area contributed by atoms with Gasteiger partial charge >= 0.3 is 5.97 Å². The van der Waals surface area contributed by atoms with E-state index in [-0.39, 0.29) is 22.7 Å². The van der Waals surface area contributed by atoms with Crippen molar-refractivity contribution < 1.29 is 32.2 Å². The number of methoxy groups -OCH3 is 3. The number of hydrogen-bond donors (Lipinski definition) is 1. The van der Waals surface area contributed by atoms with Crippen LogP contribution in [0.5, 0.6) is 11.5 Å². The minimum atomic E-state index is -3.81. The van der Waals surface area contributed by atoms with Gasteiger partial charge in [0.1, 0.15) is 6.04 Å². The molecule has 9 nitrogen and oxygen atoms in total. The Hall–Kier alpha value is -3.27. The Labute approximate surface area is 188 Å². The summed E-state index contributed by atoms with van der Waals surface area (Å²) in [5, 5.41) is 2.62. The first kappa shape index (κ1) is 25.0. The van der Waals surface area contributed by atoms with Crippen LogP contribution in [0.2, 0.25) is 0 Å². The summed E-state index contributed by atoms with van der Waals surface area (Å²) in [5.41, 5.74) is 2.21. The summed E-state index contributed by atoms with van der Waals surface area (Å²) in [6.07, 6.45) is 1.03. The Bertz CT molecular complexity index is 1110. The number of sulfonamides is 1. The minimum absolute atomic E-state index is 0.0306. The van der Waals surface area contributed by atoms with Gasteiger partial charge < -0.3 is 19.5 Å². The fraction of sp³-hybridized carbons (Fsp3) is 0.364. The molecule has 0 aliphatic carbocycles. The SMILES string of the molecule is COC(=O)c1cc(OC)c(OC)cc1NC(=O)[C@@H](C)N(c1cc(C)cc(C)c1)S(C)(=O)=O. The number of nitrogens with zero attached hydrogens (tertiary/aromatic N) is 1. The van der Waals surface area contributed by atoms with Crippen LogP contribution < -0.4 is 19.1 Å². The highest BCUT2D eigenvalue weighted by molar-refractivity contribution is 7.92. The van der Waals surface area contributed by atoms with Gasteiger partial charge in [-0.05, 0) is 44.0 Å². The molecule has 0 saturated heterocycles. The monoisotopic (exact) mass is 464 g/mol. The number of carbonyl (C=O) groups is 2. The van der Waals surface area contributed by atoms with E-state index < -0.39 is 27.9 Å². The second-order valence-electron chi connectivity index (χ2n) is 7.31. The lowest BCUT2D eigenvalue weighted by Gasteiger charge is -2.29. The molecular weight excluding hydrogens is 436 g/mol. The Morgan fingerprint density at radius 1 is 0.938 bits per heavy atom. The van der Waals surface area contributed by atoms with Crippen LogP contribution in [0, 0.1) is 13.8 Å². The molecule has 2 rings (SSSR count). The summed E-state index contributed by atoms with van der Waals surface area (Å²) in [6, 6.07) is 6.95. The van der Waals surface area contributed by atoms with Gasteiger partial charge in [-0.1, -0.05) is 6.07 Å². The van der Waals surface area contributed by atoms with E-state index in [4.69, 9.17) is 14.2 Å². The predicted octanol–water partition coefficient (Wildman–Crippen LogP) is 2.90. The molecule has 0 fully saturated rings. The van der Waals surface area contributed by atoms with Crippen molar-refractivity contribution >= 4 is 33.3 Å². The number of benzene rings is 2. The van der Waals surface area contributed by atoms with Gasteiger partial charge in [-0.15, -0.1) is 0 Å². The summed E-state index contributed by atoms with van der Waals surface area (Å²) < 4.78 is 41.5. The van der Waals surface area contributed by atoms with Crippen LogP contribution in [-0.2, 0) is 19.6 Å². The van der Waals surface area contributed by atoms with Crippen molar-refractivity contribution in [1.82, 2.24) is 0 Å². The van der Waals surface area contributed by atoms with Crippen LogP contribution in [0.1, 0.15) is 28.4 Å². The molecule has 2 aromatic rings. The molecule has 0 aliphatic rings. The average Bonchev–Trinajstić information content (AvgIpc) is 2.70. The van der Waals surface area contributed by atoms with Gasteiger partial charge in [-0.2, -0.15) is 0 Å². The molecule has 10 heteroatoms. The number of rotatable bonds is 8. The third-order valence-electron chi connectivity index (χ3n) is 4.74. The zero-order chi connectivity index (χ0) is 24.2. The summed E-state index contributed by atoms with van der Waals surface area (Å²) in [5.74, 6) is -0.806. The zero-order valence-corrected chi connectivity index (χ0v) is 20.0. The highest BCUT2D eigenvalue weighted by Crippen LogP contribution is 2.34. The van der Waals surface area contributed by atoms with Crippen LogP contribution in [0.3, 0.4) is 0 Å². The highest BCUT2D eigenvalue weighted by atomic mass is 32.2. The largest absolute Gasteiger partial charge is 0.493 e. The molecule has 0 heterocycles. The van der Waals surface area contributed by atoms with Crippen molar-refractivity contribution in [3.63, 3.8) is 0 Å². The third kappa shape index (κ3) is 5.50. The van der Waals surface area contributed by atoms with Gasteiger partial charge in [0.05, 0.1) is 44.5 Å². The predicted molar refractivity (Wildman–Crippen MR) is 122 cm³/mol. The van der Waals surface area contributed by atoms with Crippen molar-refractivity contribution in [3.05, 3.63) is 47.0 Å². The zero-order valence-electron chi connectivity index (χ0n) is 19.2. The lowest BCUT2D eigenvalue weighted by molar-refractivity contribution is -0.116. The number of carbonyl (C=O) groups excluding carboxylic acids is 2. The van der Waals surface area contributed by atoms with Gasteiger partial charge in [0.15, 0.2) is 11.5 Å². The highest BCUT2D eigenvalue weighted by Gasteiger charge is 2.30. The van der Waals surface area contributed by atoms with E-state index in [2.05, 4.69) is 5.32 Å². The van der Waals surface area contributed by atoms with Crippen molar-refractivity contribution in [3.8, 4) is 11.5 Å². The second-order valence-corrected chi connectivity index (χ2v) is 9.17. The van der Waals surface area contributed by atoms with E-state index in [1.165, 1.54) is 40.4 Å². The maximum Gasteiger partial charge on any atom is 0.340 e. The maximum absolute atomic E-state index is 13.1. The average molecular weight is 465 g/mol. The third-order valence-corrected chi connectivity index (χ3v) is 5.98. The molecule has 0 aromatic heterocycles. The van der Waals surface area contributed by atoms with Crippen molar-refractivity contribution in [2.75, 3.05) is 37.2 Å². The number of ether oxygens (including phenoxy) is 3. The lowest BCUT2D eigenvalue weighted by atomic mass is 10.1. The Morgan fingerprint density at radius 2 is 1.47 bits per heavy atom. The number of hydrogen-bond acceptors (Lipinski definition) is 7. The number of amides is 1. The molecule has 2 aromatic carbocycles. The Kier molecular flexibility index (Phi) is 7.73. The first-order valence-electron chi connectivity index (χ1n) is 9.65. The molecule has 1 amide bonds. The van der Waals surface area contributed by atoms with Gasteiger partial charge in [-0.25, -0.2) is 13.2 Å². The Balaban J connectivity index is 2.50. The smallest absolute Gasteiger partial charge is 0.340 e. The van der Waals surface area contributed by atoms with E-state index >= 15 is 0 Å². The van der Waals surface area contributed by atoms with E-state index in [9.17, 15) is 18.0 Å². The van der Waals surface area contributed by atoms with Gasteiger partial charge in [0.2, 0.25) is 15.9 Å². The van der Waals surface area contributed by atoms with Gasteiger partial charge in [0.25, 0.3) is 0 Å². The van der Waals surface area contributed by atoms with E-state index in [1.54, 1.807) is 12.1 Å². The first-order chi connectivity index (χ1) is 14.9. The molecular formula is C22H28N2O7S. The van der Waals surface area contributed by atoms with Crippen LogP contribution in [0.15, 0.2) is 30.3 Å². The quantitative estimate of drug-likeness (QED) is 0.598. The lowest BCUT2D eigenvalue weighted by Crippen LogP contribution is -2.45. The number of aryl methyl sites for hydroxylation is 2. The number of nitrogens with one attached hydrogen (secondary N) is 1. The van der Waals surface area contributed by atoms with Crippen molar-refractivity contribution in [1.29, 1.82) is 0 Å². The number of esters is 1. The minimum Gasteiger partial charge on any atom is -0.493 e. The van der Waals surface area contributed by atoms with Crippen molar-refractivity contribution in [2.24, 2.45) is 0 Å². The van der Waals surface area contributed by atoms with E-state index in [1.807, 2.05) is 19.9 Å². The summed E-state index contributed by atoms with van der Waals surface area (Å²) >= 11 is 0. The Morgan fingerprint density at radius 3 is 1.94 bits per heavy atom. The molecule has 0 bridgehead atoms. The summed E-state index contributed by atoms with van der Waals surface area (Å²) in [4.78, 5) is 25.4. The molecule has 32 heavy (non-hydrogen) atoms. The second kappa shape index (κ2) is 9.90. The first-order valence-corrected chi connectivity index (χ1v) is 11.5. The normalized spacial score (nSPS) is 12.0. The summed E-state index contributed by atoms with van der Waals surface area (Å²) in [6.45, 7) is 5.15. The molecule has 1 N–H and O–H groups in total. The van der Waals surface area contributed by atoms with Crippen LogP contribution >= 0.6 is 0 Å². The number of anilines is 2. The molecule has 0 aliphatic heterocycles. The molecule has 0 radical (unpaired) electrons. The fourth-order valence-electron chi connectivity index (χ4n) is 3.39. The molecule has 0 spiro atoms. The fourth-order valence-corrected chi connectivity index (χ4v) is 4.54. The van der Waals surface area contributed by atoms with Crippen LogP contribution in [0.4, 0.5) is 11.4 Å². The molecule has 1 atom stereocenters. The van der Waals surface area contributed by atoms with Crippen LogP contribution in [-0.4, -0.2) is 53.9 Å². The summed E-state index contributed by atoms with van der Waals surface area (Å²) in [7, 11) is 0.222. The van der Waals surface area contributed by atoms with E-state index in [0.29, 0.717) is 5.69 Å². The van der Waals surface area contributed by atoms with Crippen LogP contribution in [0.25, 0.3) is 0 Å². The standard InChI is InChI=1S/C22H28N2O7S/c1-13-8-14(2)10-16(9-13)24(32(7,27)28)15(3)21(25)23-18-12-20(30-5)19(29-4)11-17(18)22(26)31-6/h8-12,15H,1-7H3,(H,23,25)/t15-/m1/s1. The van der Waals surface area contributed by atoms with Crippen molar-refractivity contribution in [2.45, 2.75) is 26.8 Å². The molecule has 0 unspecified atom stereocenters. The molecule has 0 saturated carbocycles.